The molecule has 0 saturated carbocycles. The van der Waals surface area contributed by atoms with E-state index in [1.807, 2.05) is 35.2 Å². The fourth-order valence-electron chi connectivity index (χ4n) is 3.73. The number of amides is 3. The number of nitrogens with zero attached hydrogens (tertiary/aromatic N) is 4. The van der Waals surface area contributed by atoms with Gasteiger partial charge in [0, 0.05) is 25.4 Å². The Kier molecular flexibility index (Phi) is 4.63. The fraction of sp³-hybridized carbons (Fsp3) is 0.368. The van der Waals surface area contributed by atoms with Crippen LogP contribution in [0.2, 0.25) is 0 Å². The van der Waals surface area contributed by atoms with Gasteiger partial charge < -0.3 is 4.90 Å². The number of likely N-dealkylation sites (tertiary alicyclic amines) is 2. The molecule has 2 fully saturated rings. The summed E-state index contributed by atoms with van der Waals surface area (Å²) in [5.41, 5.74) is 1.11. The molecular formula is C19H20N4O2S. The second kappa shape index (κ2) is 7.07. The molecule has 2 saturated heterocycles. The molecule has 3 heterocycles. The average molecular weight is 368 g/mol. The van der Waals surface area contributed by atoms with E-state index in [1.165, 1.54) is 4.90 Å². The second-order valence-corrected chi connectivity index (χ2v) is 7.19. The highest BCUT2D eigenvalue weighted by atomic mass is 32.1. The highest BCUT2D eigenvalue weighted by Gasteiger charge is 2.48. The summed E-state index contributed by atoms with van der Waals surface area (Å²) in [6.45, 7) is 0.661. The molecule has 0 spiro atoms. The van der Waals surface area contributed by atoms with Crippen molar-refractivity contribution < 1.29 is 9.59 Å². The first-order valence-electron chi connectivity index (χ1n) is 8.79. The Labute approximate surface area is 157 Å². The molecular weight excluding hydrogens is 348 g/mol. The van der Waals surface area contributed by atoms with Crippen LogP contribution in [0.3, 0.4) is 0 Å². The largest absolute Gasteiger partial charge is 0.327 e. The smallest absolute Gasteiger partial charge is 0.317 e. The third-order valence-electron chi connectivity index (χ3n) is 5.09. The number of carbonyl (C=O) groups is 2. The van der Waals surface area contributed by atoms with Crippen LogP contribution in [0, 0.1) is 0 Å². The van der Waals surface area contributed by atoms with Crippen molar-refractivity contribution in [1.29, 1.82) is 0 Å². The summed E-state index contributed by atoms with van der Waals surface area (Å²) in [7, 11) is 0. The number of benzene rings is 1. The minimum atomic E-state index is -0.379. The van der Waals surface area contributed by atoms with Crippen molar-refractivity contribution in [3.8, 4) is 0 Å². The van der Waals surface area contributed by atoms with E-state index in [2.05, 4.69) is 22.6 Å². The van der Waals surface area contributed by atoms with Crippen molar-refractivity contribution in [2.45, 2.75) is 36.6 Å². The molecule has 2 aromatic rings. The summed E-state index contributed by atoms with van der Waals surface area (Å²) in [6, 6.07) is 11.2. The Balaban J connectivity index is 1.54. The summed E-state index contributed by atoms with van der Waals surface area (Å²) < 4.78 is 0. The molecule has 2 aliphatic heterocycles. The van der Waals surface area contributed by atoms with E-state index >= 15 is 0 Å². The highest BCUT2D eigenvalue weighted by Crippen LogP contribution is 2.38. The Hall–Kier alpha value is -2.41. The zero-order chi connectivity index (χ0) is 18.1. The Morgan fingerprint density at radius 1 is 1.15 bits per heavy atom. The number of carbonyl (C=O) groups excluding carboxylic acids is 2. The maximum atomic E-state index is 13.1. The van der Waals surface area contributed by atoms with Crippen LogP contribution in [-0.4, -0.2) is 44.3 Å². The van der Waals surface area contributed by atoms with E-state index in [9.17, 15) is 9.59 Å². The van der Waals surface area contributed by atoms with E-state index in [-0.39, 0.29) is 29.3 Å². The van der Waals surface area contributed by atoms with Gasteiger partial charge in [0.25, 0.3) is 0 Å². The summed E-state index contributed by atoms with van der Waals surface area (Å²) in [5.74, 6) is 0.376. The molecule has 1 unspecified atom stereocenters. The van der Waals surface area contributed by atoms with Crippen molar-refractivity contribution in [2.24, 2.45) is 0 Å². The lowest BCUT2D eigenvalue weighted by Crippen LogP contribution is -2.60. The molecule has 1 aromatic carbocycles. The van der Waals surface area contributed by atoms with Gasteiger partial charge in [-0.25, -0.2) is 14.8 Å². The molecule has 134 valence electrons. The molecule has 3 amide bonds. The Bertz CT molecular complexity index is 802. The van der Waals surface area contributed by atoms with Crippen LogP contribution < -0.4 is 0 Å². The lowest BCUT2D eigenvalue weighted by molar-refractivity contribution is -0.141. The van der Waals surface area contributed by atoms with Crippen molar-refractivity contribution in [3.63, 3.8) is 0 Å². The van der Waals surface area contributed by atoms with Gasteiger partial charge in [0.15, 0.2) is 0 Å². The maximum Gasteiger partial charge on any atom is 0.327 e. The molecule has 3 atom stereocenters. The molecule has 0 radical (unpaired) electrons. The van der Waals surface area contributed by atoms with E-state index in [1.54, 1.807) is 18.5 Å². The van der Waals surface area contributed by atoms with Crippen LogP contribution in [-0.2, 0) is 4.79 Å². The monoisotopic (exact) mass is 368 g/mol. The van der Waals surface area contributed by atoms with Crippen LogP contribution >= 0.6 is 12.6 Å². The third-order valence-corrected chi connectivity index (χ3v) is 5.66. The standard InChI is InChI=1S/C19H20N4O2S/c24-16-12-15(17(26)18-20-9-5-10-21-18)23(16)19(25)22-11-4-8-14(22)13-6-2-1-3-7-13/h1-3,5-7,9-10,14-15,17,26H,4,8,11-12H2/t14-,15-,17?/m1/s1. The van der Waals surface area contributed by atoms with Crippen molar-refractivity contribution >= 4 is 24.6 Å². The van der Waals surface area contributed by atoms with Gasteiger partial charge in [0.2, 0.25) is 5.91 Å². The van der Waals surface area contributed by atoms with Gasteiger partial charge in [-0.05, 0) is 24.5 Å². The van der Waals surface area contributed by atoms with Gasteiger partial charge in [0.05, 0.1) is 17.3 Å². The molecule has 4 rings (SSSR count). The van der Waals surface area contributed by atoms with Gasteiger partial charge in [-0.2, -0.15) is 12.6 Å². The van der Waals surface area contributed by atoms with Crippen LogP contribution in [0.25, 0.3) is 0 Å². The van der Waals surface area contributed by atoms with Crippen molar-refractivity contribution in [1.82, 2.24) is 19.8 Å². The van der Waals surface area contributed by atoms with Gasteiger partial charge in [0.1, 0.15) is 5.82 Å². The van der Waals surface area contributed by atoms with E-state index < -0.39 is 0 Å². The lowest BCUT2D eigenvalue weighted by atomic mass is 9.97. The number of thiol groups is 1. The van der Waals surface area contributed by atoms with E-state index in [0.717, 1.165) is 18.4 Å². The Morgan fingerprint density at radius 3 is 2.58 bits per heavy atom. The van der Waals surface area contributed by atoms with Crippen LogP contribution in [0.5, 0.6) is 0 Å². The zero-order valence-corrected chi connectivity index (χ0v) is 15.1. The highest BCUT2D eigenvalue weighted by molar-refractivity contribution is 7.80. The first kappa shape index (κ1) is 17.0. The van der Waals surface area contributed by atoms with Gasteiger partial charge in [-0.3, -0.25) is 9.69 Å². The molecule has 0 N–H and O–H groups in total. The molecule has 0 bridgehead atoms. The fourth-order valence-corrected chi connectivity index (χ4v) is 4.11. The predicted octanol–water partition coefficient (Wildman–Crippen LogP) is 3.01. The number of hydrogen-bond acceptors (Lipinski definition) is 5. The second-order valence-electron chi connectivity index (χ2n) is 6.63. The lowest BCUT2D eigenvalue weighted by Gasteiger charge is -2.43. The number of imide groups is 1. The number of β-lactam (4-membered cyclic amide) rings is 1. The van der Waals surface area contributed by atoms with Gasteiger partial charge in [-0.1, -0.05) is 30.3 Å². The van der Waals surface area contributed by atoms with Crippen molar-refractivity contribution in [2.75, 3.05) is 6.54 Å². The summed E-state index contributed by atoms with van der Waals surface area (Å²) in [5, 5.41) is -0.379. The first-order valence-corrected chi connectivity index (χ1v) is 9.31. The third kappa shape index (κ3) is 2.96. The molecule has 2 aliphatic rings. The van der Waals surface area contributed by atoms with Gasteiger partial charge in [-0.15, -0.1) is 0 Å². The SMILES string of the molecule is O=C1C[C@H](C(S)c2ncccn2)N1C(=O)N1CCC[C@@H]1c1ccccc1. The molecule has 1 aromatic heterocycles. The van der Waals surface area contributed by atoms with E-state index in [4.69, 9.17) is 0 Å². The predicted molar refractivity (Wildman–Crippen MR) is 99.5 cm³/mol. The van der Waals surface area contributed by atoms with E-state index in [0.29, 0.717) is 18.8 Å². The maximum absolute atomic E-state index is 13.1. The quantitative estimate of drug-likeness (QED) is 0.668. The number of urea groups is 1. The van der Waals surface area contributed by atoms with Crippen LogP contribution in [0.15, 0.2) is 48.8 Å². The molecule has 6 nitrogen and oxygen atoms in total. The van der Waals surface area contributed by atoms with Crippen LogP contribution in [0.1, 0.15) is 41.9 Å². The first-order chi connectivity index (χ1) is 12.7. The molecule has 26 heavy (non-hydrogen) atoms. The summed E-state index contributed by atoms with van der Waals surface area (Å²) in [6.07, 6.45) is 5.43. The Morgan fingerprint density at radius 2 is 1.88 bits per heavy atom. The van der Waals surface area contributed by atoms with Crippen LogP contribution in [0.4, 0.5) is 4.79 Å². The number of aromatic nitrogens is 2. The zero-order valence-electron chi connectivity index (χ0n) is 14.2. The summed E-state index contributed by atoms with van der Waals surface area (Å²) in [4.78, 5) is 36.9. The minimum Gasteiger partial charge on any atom is -0.317 e. The number of hydrogen-bond donors (Lipinski definition) is 1. The van der Waals surface area contributed by atoms with Crippen molar-refractivity contribution in [3.05, 3.63) is 60.2 Å². The van der Waals surface area contributed by atoms with Gasteiger partial charge >= 0.3 is 6.03 Å². The number of rotatable bonds is 3. The minimum absolute atomic E-state index is 0.0177. The molecule has 0 aliphatic carbocycles. The average Bonchev–Trinajstić information content (AvgIpc) is 3.17. The topological polar surface area (TPSA) is 66.4 Å². The summed E-state index contributed by atoms with van der Waals surface area (Å²) >= 11 is 4.59. The molecule has 7 heteroatoms. The normalized spacial score (nSPS) is 23.7.